The highest BCUT2D eigenvalue weighted by Gasteiger charge is 2.30. The van der Waals surface area contributed by atoms with Crippen molar-refractivity contribution >= 4 is 28.8 Å². The summed E-state index contributed by atoms with van der Waals surface area (Å²) in [6, 6.07) is 13.4. The van der Waals surface area contributed by atoms with Crippen LogP contribution in [0.3, 0.4) is 0 Å². The summed E-state index contributed by atoms with van der Waals surface area (Å²) in [7, 11) is 0. The molecule has 0 atom stereocenters. The number of pyridine rings is 1. The SMILES string of the molecule is Cc1cccc(Nc2ncnc(N3CCCc4ccccc43)c2[N+](=O)[O-])n1. The Kier molecular flexibility index (Phi) is 4.37. The first kappa shape index (κ1) is 16.9. The average molecular weight is 362 g/mol. The molecular formula is C19H18N6O2. The van der Waals surface area contributed by atoms with Crippen molar-refractivity contribution in [3.63, 3.8) is 0 Å². The summed E-state index contributed by atoms with van der Waals surface area (Å²) in [5.41, 5.74) is 2.76. The Morgan fingerprint density at radius 1 is 1.15 bits per heavy atom. The van der Waals surface area contributed by atoms with Crippen molar-refractivity contribution in [3.8, 4) is 0 Å². The van der Waals surface area contributed by atoms with Crippen molar-refractivity contribution in [2.24, 2.45) is 0 Å². The summed E-state index contributed by atoms with van der Waals surface area (Å²) in [5, 5.41) is 14.9. The number of anilines is 4. The van der Waals surface area contributed by atoms with Gasteiger partial charge in [0.25, 0.3) is 0 Å². The monoisotopic (exact) mass is 362 g/mol. The number of aromatic nitrogens is 3. The predicted molar refractivity (Wildman–Crippen MR) is 103 cm³/mol. The van der Waals surface area contributed by atoms with E-state index in [2.05, 4.69) is 20.3 Å². The zero-order valence-corrected chi connectivity index (χ0v) is 14.8. The first-order valence-corrected chi connectivity index (χ1v) is 8.69. The number of nitrogens with zero attached hydrogens (tertiary/aromatic N) is 5. The minimum absolute atomic E-state index is 0.131. The first-order chi connectivity index (χ1) is 13.1. The summed E-state index contributed by atoms with van der Waals surface area (Å²) >= 11 is 0. The molecule has 0 aliphatic carbocycles. The number of benzene rings is 1. The van der Waals surface area contributed by atoms with Gasteiger partial charge in [-0.2, -0.15) is 0 Å². The second-order valence-electron chi connectivity index (χ2n) is 6.32. The summed E-state index contributed by atoms with van der Waals surface area (Å²) in [6.07, 6.45) is 3.20. The molecule has 1 N–H and O–H groups in total. The maximum Gasteiger partial charge on any atom is 0.354 e. The molecule has 0 bridgehead atoms. The van der Waals surface area contributed by atoms with Crippen LogP contribution in [0, 0.1) is 17.0 Å². The summed E-state index contributed by atoms with van der Waals surface area (Å²) in [6.45, 7) is 2.52. The Hall–Kier alpha value is -3.55. The van der Waals surface area contributed by atoms with Crippen molar-refractivity contribution in [2.45, 2.75) is 19.8 Å². The lowest BCUT2D eigenvalue weighted by atomic mass is 10.0. The van der Waals surface area contributed by atoms with Crippen LogP contribution in [-0.2, 0) is 6.42 Å². The van der Waals surface area contributed by atoms with Crippen molar-refractivity contribution < 1.29 is 4.92 Å². The van der Waals surface area contributed by atoms with E-state index in [1.54, 1.807) is 6.07 Å². The second-order valence-corrected chi connectivity index (χ2v) is 6.32. The molecule has 1 aliphatic rings. The second kappa shape index (κ2) is 6.99. The predicted octanol–water partition coefficient (Wildman–Crippen LogP) is 3.92. The van der Waals surface area contributed by atoms with Crippen molar-refractivity contribution in [3.05, 3.63) is 70.2 Å². The Balaban J connectivity index is 1.80. The third-order valence-electron chi connectivity index (χ3n) is 4.49. The fraction of sp³-hybridized carbons (Fsp3) is 0.211. The summed E-state index contributed by atoms with van der Waals surface area (Å²) in [5.74, 6) is 0.922. The van der Waals surface area contributed by atoms with Crippen LogP contribution in [0.5, 0.6) is 0 Å². The van der Waals surface area contributed by atoms with Gasteiger partial charge in [-0.1, -0.05) is 24.3 Å². The molecule has 0 saturated carbocycles. The van der Waals surface area contributed by atoms with Gasteiger partial charge in [-0.3, -0.25) is 10.1 Å². The molecule has 0 unspecified atom stereocenters. The normalized spacial score (nSPS) is 13.1. The molecule has 136 valence electrons. The molecule has 1 aromatic carbocycles. The quantitative estimate of drug-likeness (QED) is 0.555. The molecule has 3 aromatic rings. The number of hydrogen-bond acceptors (Lipinski definition) is 7. The maximum absolute atomic E-state index is 11.9. The number of nitro groups is 1. The molecule has 8 heteroatoms. The van der Waals surface area contributed by atoms with Crippen LogP contribution in [0.1, 0.15) is 17.7 Å². The van der Waals surface area contributed by atoms with E-state index in [-0.39, 0.29) is 17.3 Å². The number of fused-ring (bicyclic) bond motifs is 1. The van der Waals surface area contributed by atoms with Crippen molar-refractivity contribution in [2.75, 3.05) is 16.8 Å². The van der Waals surface area contributed by atoms with E-state index in [9.17, 15) is 10.1 Å². The Bertz CT molecular complexity index is 1010. The lowest BCUT2D eigenvalue weighted by Gasteiger charge is -2.30. The summed E-state index contributed by atoms with van der Waals surface area (Å²) in [4.78, 5) is 26.0. The number of nitrogens with one attached hydrogen (secondary N) is 1. The van der Waals surface area contributed by atoms with E-state index >= 15 is 0 Å². The van der Waals surface area contributed by atoms with Crippen LogP contribution in [-0.4, -0.2) is 26.4 Å². The van der Waals surface area contributed by atoms with Gasteiger partial charge in [-0.25, -0.2) is 15.0 Å². The van der Waals surface area contributed by atoms with Gasteiger partial charge in [0.1, 0.15) is 12.1 Å². The highest BCUT2D eigenvalue weighted by atomic mass is 16.6. The number of aryl methyl sites for hydroxylation is 2. The lowest BCUT2D eigenvalue weighted by molar-refractivity contribution is -0.383. The van der Waals surface area contributed by atoms with Gasteiger partial charge in [-0.05, 0) is 43.5 Å². The van der Waals surface area contributed by atoms with Gasteiger partial charge < -0.3 is 10.2 Å². The highest BCUT2D eigenvalue weighted by molar-refractivity contribution is 5.79. The van der Waals surface area contributed by atoms with Crippen LogP contribution >= 0.6 is 0 Å². The molecule has 2 aromatic heterocycles. The lowest BCUT2D eigenvalue weighted by Crippen LogP contribution is -2.26. The van der Waals surface area contributed by atoms with E-state index in [4.69, 9.17) is 0 Å². The Morgan fingerprint density at radius 2 is 2.00 bits per heavy atom. The van der Waals surface area contributed by atoms with Crippen molar-refractivity contribution in [1.82, 2.24) is 15.0 Å². The number of hydrogen-bond donors (Lipinski definition) is 1. The smallest absolute Gasteiger partial charge is 0.320 e. The minimum Gasteiger partial charge on any atom is -0.320 e. The molecule has 1 aliphatic heterocycles. The van der Waals surface area contributed by atoms with Gasteiger partial charge in [0.05, 0.1) is 4.92 Å². The number of rotatable bonds is 4. The highest BCUT2D eigenvalue weighted by Crippen LogP contribution is 2.39. The third-order valence-corrected chi connectivity index (χ3v) is 4.49. The van der Waals surface area contributed by atoms with E-state index < -0.39 is 4.92 Å². The molecule has 0 fully saturated rings. The fourth-order valence-electron chi connectivity index (χ4n) is 3.31. The molecule has 8 nitrogen and oxygen atoms in total. The summed E-state index contributed by atoms with van der Waals surface area (Å²) < 4.78 is 0. The Morgan fingerprint density at radius 3 is 2.81 bits per heavy atom. The zero-order chi connectivity index (χ0) is 18.8. The standard InChI is InChI=1S/C19H18N6O2/c1-13-6-4-10-16(22-13)23-18-17(25(26)27)19(21-12-20-18)24-11-5-8-14-7-2-3-9-15(14)24/h2-4,6-7,9-10,12H,5,8,11H2,1H3,(H,20,21,22,23). The van der Waals surface area contributed by atoms with Gasteiger partial charge in [0, 0.05) is 17.9 Å². The number of para-hydroxylation sites is 1. The molecule has 27 heavy (non-hydrogen) atoms. The third kappa shape index (κ3) is 3.29. The zero-order valence-electron chi connectivity index (χ0n) is 14.8. The molecule has 0 saturated heterocycles. The fourth-order valence-corrected chi connectivity index (χ4v) is 3.31. The largest absolute Gasteiger partial charge is 0.354 e. The average Bonchev–Trinajstić information content (AvgIpc) is 2.67. The van der Waals surface area contributed by atoms with Crippen LogP contribution in [0.4, 0.5) is 28.8 Å². The van der Waals surface area contributed by atoms with Crippen LogP contribution in [0.25, 0.3) is 0 Å². The van der Waals surface area contributed by atoms with Crippen LogP contribution in [0.15, 0.2) is 48.8 Å². The molecule has 0 spiro atoms. The topological polar surface area (TPSA) is 97.1 Å². The van der Waals surface area contributed by atoms with E-state index in [1.165, 1.54) is 6.33 Å². The van der Waals surface area contributed by atoms with Gasteiger partial charge >= 0.3 is 5.69 Å². The van der Waals surface area contributed by atoms with E-state index in [1.807, 2.05) is 48.2 Å². The van der Waals surface area contributed by atoms with Crippen LogP contribution in [0.2, 0.25) is 0 Å². The van der Waals surface area contributed by atoms with Gasteiger partial charge in [0.2, 0.25) is 11.6 Å². The maximum atomic E-state index is 11.9. The van der Waals surface area contributed by atoms with E-state index in [0.29, 0.717) is 12.4 Å². The van der Waals surface area contributed by atoms with Crippen molar-refractivity contribution in [1.29, 1.82) is 0 Å². The van der Waals surface area contributed by atoms with Gasteiger partial charge in [0.15, 0.2) is 0 Å². The molecule has 4 rings (SSSR count). The molecule has 0 amide bonds. The minimum atomic E-state index is -0.440. The Labute approximate surface area is 156 Å². The first-order valence-electron chi connectivity index (χ1n) is 8.69. The van der Waals surface area contributed by atoms with E-state index in [0.717, 1.165) is 29.8 Å². The molecule has 0 radical (unpaired) electrons. The van der Waals surface area contributed by atoms with Crippen LogP contribution < -0.4 is 10.2 Å². The molecular weight excluding hydrogens is 344 g/mol. The molecule has 3 heterocycles. The van der Waals surface area contributed by atoms with Gasteiger partial charge in [-0.15, -0.1) is 0 Å².